The molecule has 0 saturated heterocycles. The van der Waals surface area contributed by atoms with Crippen LogP contribution < -0.4 is 5.32 Å². The highest BCUT2D eigenvalue weighted by Crippen LogP contribution is 2.26. The van der Waals surface area contributed by atoms with Gasteiger partial charge in [0.2, 0.25) is 6.04 Å². The van der Waals surface area contributed by atoms with E-state index in [0.717, 1.165) is 12.0 Å². The third-order valence-electron chi connectivity index (χ3n) is 3.86. The predicted octanol–water partition coefficient (Wildman–Crippen LogP) is 2.75. The summed E-state index contributed by atoms with van der Waals surface area (Å²) in [6.45, 7) is 2.21. The molecule has 0 aliphatic heterocycles. The summed E-state index contributed by atoms with van der Waals surface area (Å²) in [5.74, 6) is 0.376. The van der Waals surface area contributed by atoms with E-state index in [9.17, 15) is 14.9 Å². The van der Waals surface area contributed by atoms with Gasteiger partial charge < -0.3 is 10.1 Å². The third-order valence-corrected chi connectivity index (χ3v) is 3.86. The molecule has 6 nitrogen and oxygen atoms in total. The van der Waals surface area contributed by atoms with Crippen molar-refractivity contribution < 1.29 is 14.5 Å². The van der Waals surface area contributed by atoms with Gasteiger partial charge in [-0.15, -0.1) is 0 Å². The van der Waals surface area contributed by atoms with Crippen LogP contribution in [0.3, 0.4) is 0 Å². The maximum atomic E-state index is 11.8. The number of rotatable bonds is 4. The second-order valence-electron chi connectivity index (χ2n) is 5.58. The van der Waals surface area contributed by atoms with Crippen LogP contribution in [0.1, 0.15) is 31.7 Å². The smallest absolute Gasteiger partial charge is 0.407 e. The Hall–Kier alpha value is -2.11. The van der Waals surface area contributed by atoms with Gasteiger partial charge in [-0.25, -0.2) is 4.79 Å². The van der Waals surface area contributed by atoms with E-state index in [2.05, 4.69) is 5.32 Å². The number of ether oxygens (including phenoxy) is 1. The second kappa shape index (κ2) is 7.06. The van der Waals surface area contributed by atoms with Gasteiger partial charge in [-0.05, 0) is 24.3 Å². The normalized spacial score (nSPS) is 25.1. The third kappa shape index (κ3) is 4.44. The number of carbonyl (C=O) groups excluding carboxylic acids is 1. The minimum absolute atomic E-state index is 0.165. The standard InChI is InChI=1S/C15H20N2O4/c1-11-7-8-14(17(19)20)13(9-11)16-15(18)21-10-12-5-3-2-4-6-12/h2-6,11,13-14H,7-10H2,1H3,(H,16,18). The van der Waals surface area contributed by atoms with E-state index in [0.29, 0.717) is 18.8 Å². The van der Waals surface area contributed by atoms with E-state index >= 15 is 0 Å². The monoisotopic (exact) mass is 292 g/mol. The van der Waals surface area contributed by atoms with Crippen LogP contribution in [0, 0.1) is 16.0 Å². The number of nitrogens with zero attached hydrogens (tertiary/aromatic N) is 1. The molecule has 1 aliphatic carbocycles. The van der Waals surface area contributed by atoms with Gasteiger partial charge in [-0.1, -0.05) is 37.3 Å². The van der Waals surface area contributed by atoms with Crippen molar-refractivity contribution in [2.45, 2.75) is 44.9 Å². The summed E-state index contributed by atoms with van der Waals surface area (Å²) >= 11 is 0. The first-order valence-corrected chi connectivity index (χ1v) is 7.17. The predicted molar refractivity (Wildman–Crippen MR) is 77.3 cm³/mol. The first kappa shape index (κ1) is 15.3. The summed E-state index contributed by atoms with van der Waals surface area (Å²) in [7, 11) is 0. The summed E-state index contributed by atoms with van der Waals surface area (Å²) in [6.07, 6.45) is 1.34. The van der Waals surface area contributed by atoms with Crippen molar-refractivity contribution in [1.29, 1.82) is 0 Å². The van der Waals surface area contributed by atoms with Crippen molar-refractivity contribution in [1.82, 2.24) is 5.32 Å². The first-order chi connectivity index (χ1) is 10.1. The molecule has 2 rings (SSSR count). The molecule has 21 heavy (non-hydrogen) atoms. The van der Waals surface area contributed by atoms with Gasteiger partial charge in [-0.3, -0.25) is 10.1 Å². The van der Waals surface area contributed by atoms with E-state index in [1.165, 1.54) is 0 Å². The van der Waals surface area contributed by atoms with E-state index in [-0.39, 0.29) is 11.5 Å². The molecule has 0 radical (unpaired) electrons. The van der Waals surface area contributed by atoms with Crippen molar-refractivity contribution >= 4 is 6.09 Å². The minimum Gasteiger partial charge on any atom is -0.445 e. The Morgan fingerprint density at radius 2 is 2.10 bits per heavy atom. The molecule has 1 aromatic carbocycles. The Morgan fingerprint density at radius 3 is 2.76 bits per heavy atom. The molecule has 3 atom stereocenters. The molecule has 0 heterocycles. The average molecular weight is 292 g/mol. The van der Waals surface area contributed by atoms with Gasteiger partial charge in [0.15, 0.2) is 0 Å². The summed E-state index contributed by atoms with van der Waals surface area (Å²) in [4.78, 5) is 22.6. The molecule has 1 aliphatic rings. The Bertz CT molecular complexity index is 492. The zero-order valence-corrected chi connectivity index (χ0v) is 12.0. The number of nitro groups is 1. The van der Waals surface area contributed by atoms with Crippen LogP contribution in [0.5, 0.6) is 0 Å². The number of carbonyl (C=O) groups is 1. The van der Waals surface area contributed by atoms with E-state index in [1.54, 1.807) is 0 Å². The number of hydrogen-bond donors (Lipinski definition) is 1. The molecule has 3 unspecified atom stereocenters. The molecule has 0 spiro atoms. The van der Waals surface area contributed by atoms with Crippen LogP contribution in [-0.4, -0.2) is 23.1 Å². The second-order valence-corrected chi connectivity index (χ2v) is 5.58. The number of amides is 1. The quantitative estimate of drug-likeness (QED) is 0.683. The molecule has 1 amide bonds. The van der Waals surface area contributed by atoms with Crippen LogP contribution in [-0.2, 0) is 11.3 Å². The molecule has 0 bridgehead atoms. The van der Waals surface area contributed by atoms with Crippen LogP contribution in [0.2, 0.25) is 0 Å². The van der Waals surface area contributed by atoms with Gasteiger partial charge in [0.25, 0.3) is 0 Å². The SMILES string of the molecule is CC1CCC([N+](=O)[O-])C(NC(=O)OCc2ccccc2)C1. The molecule has 1 aromatic rings. The Labute approximate surface area is 123 Å². The fraction of sp³-hybridized carbons (Fsp3) is 0.533. The lowest BCUT2D eigenvalue weighted by molar-refractivity contribution is -0.530. The number of hydrogen-bond acceptors (Lipinski definition) is 4. The van der Waals surface area contributed by atoms with Gasteiger partial charge in [-0.2, -0.15) is 0 Å². The maximum absolute atomic E-state index is 11.8. The van der Waals surface area contributed by atoms with Crippen molar-refractivity contribution in [2.24, 2.45) is 5.92 Å². The Morgan fingerprint density at radius 1 is 1.38 bits per heavy atom. The summed E-state index contributed by atoms with van der Waals surface area (Å²) in [6, 6.07) is 8.16. The number of nitrogens with one attached hydrogen (secondary N) is 1. The van der Waals surface area contributed by atoms with Gasteiger partial charge in [0, 0.05) is 11.3 Å². The molecule has 114 valence electrons. The molecule has 1 N–H and O–H groups in total. The fourth-order valence-electron chi connectivity index (χ4n) is 2.69. The Kier molecular flexibility index (Phi) is 5.14. The highest BCUT2D eigenvalue weighted by molar-refractivity contribution is 5.67. The van der Waals surface area contributed by atoms with E-state index < -0.39 is 18.2 Å². The van der Waals surface area contributed by atoms with Crippen molar-refractivity contribution in [3.8, 4) is 0 Å². The maximum Gasteiger partial charge on any atom is 0.407 e. The van der Waals surface area contributed by atoms with E-state index in [4.69, 9.17) is 4.74 Å². The van der Waals surface area contributed by atoms with E-state index in [1.807, 2.05) is 37.3 Å². The molecule has 1 fully saturated rings. The number of benzene rings is 1. The lowest BCUT2D eigenvalue weighted by Crippen LogP contribution is -2.50. The topological polar surface area (TPSA) is 81.5 Å². The van der Waals surface area contributed by atoms with Crippen molar-refractivity contribution in [3.05, 3.63) is 46.0 Å². The molecular formula is C15H20N2O4. The molecular weight excluding hydrogens is 272 g/mol. The minimum atomic E-state index is -0.717. The average Bonchev–Trinajstić information content (AvgIpc) is 2.46. The van der Waals surface area contributed by atoms with Crippen LogP contribution in [0.4, 0.5) is 4.79 Å². The Balaban J connectivity index is 1.86. The fourth-order valence-corrected chi connectivity index (χ4v) is 2.69. The van der Waals surface area contributed by atoms with Crippen LogP contribution in [0.15, 0.2) is 30.3 Å². The highest BCUT2D eigenvalue weighted by atomic mass is 16.6. The molecule has 0 aromatic heterocycles. The lowest BCUT2D eigenvalue weighted by atomic mass is 9.84. The van der Waals surface area contributed by atoms with Gasteiger partial charge in [0.1, 0.15) is 6.61 Å². The first-order valence-electron chi connectivity index (χ1n) is 7.17. The highest BCUT2D eigenvalue weighted by Gasteiger charge is 2.37. The van der Waals surface area contributed by atoms with Gasteiger partial charge >= 0.3 is 6.09 Å². The largest absolute Gasteiger partial charge is 0.445 e. The lowest BCUT2D eigenvalue weighted by Gasteiger charge is -2.29. The van der Waals surface area contributed by atoms with Crippen LogP contribution in [0.25, 0.3) is 0 Å². The van der Waals surface area contributed by atoms with Crippen molar-refractivity contribution in [2.75, 3.05) is 0 Å². The summed E-state index contributed by atoms with van der Waals surface area (Å²) in [5, 5.41) is 13.7. The zero-order valence-electron chi connectivity index (χ0n) is 12.0. The molecule has 1 saturated carbocycles. The molecule has 6 heteroatoms. The number of alkyl carbamates (subject to hydrolysis) is 1. The zero-order chi connectivity index (χ0) is 15.2. The van der Waals surface area contributed by atoms with Crippen LogP contribution >= 0.6 is 0 Å². The van der Waals surface area contributed by atoms with Gasteiger partial charge in [0.05, 0.1) is 6.04 Å². The summed E-state index contributed by atoms with van der Waals surface area (Å²) < 4.78 is 5.12. The summed E-state index contributed by atoms with van der Waals surface area (Å²) in [5.41, 5.74) is 0.885. The van der Waals surface area contributed by atoms with Crippen molar-refractivity contribution in [3.63, 3.8) is 0 Å².